The van der Waals surface area contributed by atoms with Gasteiger partial charge in [-0.15, -0.1) is 0 Å². The van der Waals surface area contributed by atoms with Crippen molar-refractivity contribution >= 4 is 5.82 Å². The number of nitrogens with zero attached hydrogens (tertiary/aromatic N) is 1. The molecular formula is C16H19FN2O. The van der Waals surface area contributed by atoms with Gasteiger partial charge in [-0.2, -0.15) is 0 Å². The average Bonchev–Trinajstić information content (AvgIpc) is 2.40. The number of rotatable bonds is 6. The van der Waals surface area contributed by atoms with Crippen LogP contribution in [0.3, 0.4) is 0 Å². The number of nitrogens with one attached hydrogen (secondary N) is 1. The van der Waals surface area contributed by atoms with Crippen molar-refractivity contribution in [2.24, 2.45) is 0 Å². The van der Waals surface area contributed by atoms with Crippen LogP contribution >= 0.6 is 0 Å². The standard InChI is InChI=1S/C16H19FN2O/c1-12(2)20-15-7-4-9-18-16(15)19-10-8-13-5-3-6-14(17)11-13/h3-7,9,11-12H,8,10H2,1-2H3,(H,18,19). The average molecular weight is 274 g/mol. The molecule has 0 amide bonds. The number of halogens is 1. The van der Waals surface area contributed by atoms with Crippen LogP contribution in [-0.4, -0.2) is 17.6 Å². The molecule has 0 unspecified atom stereocenters. The normalized spacial score (nSPS) is 10.6. The van der Waals surface area contributed by atoms with Crippen molar-refractivity contribution in [1.29, 1.82) is 0 Å². The lowest BCUT2D eigenvalue weighted by molar-refractivity contribution is 0.243. The number of aromatic nitrogens is 1. The third kappa shape index (κ3) is 4.23. The lowest BCUT2D eigenvalue weighted by atomic mass is 10.1. The van der Waals surface area contributed by atoms with Gasteiger partial charge in [-0.3, -0.25) is 0 Å². The second-order valence-electron chi connectivity index (χ2n) is 4.82. The van der Waals surface area contributed by atoms with E-state index in [1.165, 1.54) is 6.07 Å². The van der Waals surface area contributed by atoms with E-state index in [9.17, 15) is 4.39 Å². The molecule has 2 aromatic rings. The fourth-order valence-electron chi connectivity index (χ4n) is 1.89. The summed E-state index contributed by atoms with van der Waals surface area (Å²) in [4.78, 5) is 4.27. The van der Waals surface area contributed by atoms with Crippen LogP contribution < -0.4 is 10.1 Å². The molecule has 0 radical (unpaired) electrons. The molecule has 0 aliphatic heterocycles. The number of hydrogen-bond donors (Lipinski definition) is 1. The zero-order valence-electron chi connectivity index (χ0n) is 11.8. The molecule has 0 fully saturated rings. The molecule has 0 spiro atoms. The van der Waals surface area contributed by atoms with Gasteiger partial charge in [0.05, 0.1) is 6.10 Å². The second-order valence-corrected chi connectivity index (χ2v) is 4.82. The van der Waals surface area contributed by atoms with Gasteiger partial charge in [0, 0.05) is 12.7 Å². The third-order valence-electron chi connectivity index (χ3n) is 2.73. The van der Waals surface area contributed by atoms with Crippen LogP contribution in [0, 0.1) is 5.82 Å². The highest BCUT2D eigenvalue weighted by Crippen LogP contribution is 2.22. The van der Waals surface area contributed by atoms with Crippen LogP contribution in [0.25, 0.3) is 0 Å². The van der Waals surface area contributed by atoms with E-state index < -0.39 is 0 Å². The number of benzene rings is 1. The minimum Gasteiger partial charge on any atom is -0.487 e. The van der Waals surface area contributed by atoms with Crippen molar-refractivity contribution in [1.82, 2.24) is 4.98 Å². The minimum atomic E-state index is -0.204. The summed E-state index contributed by atoms with van der Waals surface area (Å²) in [5, 5.41) is 3.23. The molecule has 0 aliphatic carbocycles. The summed E-state index contributed by atoms with van der Waals surface area (Å²) in [5.41, 5.74) is 0.958. The van der Waals surface area contributed by atoms with Crippen LogP contribution in [0.4, 0.5) is 10.2 Å². The summed E-state index contributed by atoms with van der Waals surface area (Å²) >= 11 is 0. The second kappa shape index (κ2) is 6.89. The van der Waals surface area contributed by atoms with Crippen LogP contribution in [0.5, 0.6) is 5.75 Å². The van der Waals surface area contributed by atoms with Gasteiger partial charge >= 0.3 is 0 Å². The predicted molar refractivity (Wildman–Crippen MR) is 78.6 cm³/mol. The summed E-state index contributed by atoms with van der Waals surface area (Å²) in [6.45, 7) is 4.63. The molecule has 0 saturated heterocycles. The molecule has 0 bridgehead atoms. The topological polar surface area (TPSA) is 34.1 Å². The van der Waals surface area contributed by atoms with Crippen molar-refractivity contribution in [2.45, 2.75) is 26.4 Å². The Balaban J connectivity index is 1.94. The van der Waals surface area contributed by atoms with E-state index in [4.69, 9.17) is 4.74 Å². The van der Waals surface area contributed by atoms with Gasteiger partial charge in [0.1, 0.15) is 5.82 Å². The van der Waals surface area contributed by atoms with Crippen molar-refractivity contribution < 1.29 is 9.13 Å². The highest BCUT2D eigenvalue weighted by atomic mass is 19.1. The number of anilines is 1. The smallest absolute Gasteiger partial charge is 0.168 e. The molecule has 1 heterocycles. The van der Waals surface area contributed by atoms with E-state index in [2.05, 4.69) is 10.3 Å². The first kappa shape index (κ1) is 14.3. The molecule has 106 valence electrons. The number of ether oxygens (including phenoxy) is 1. The summed E-state index contributed by atoms with van der Waals surface area (Å²) in [7, 11) is 0. The van der Waals surface area contributed by atoms with Crippen molar-refractivity contribution in [3.63, 3.8) is 0 Å². The first-order valence-corrected chi connectivity index (χ1v) is 6.75. The van der Waals surface area contributed by atoms with Gasteiger partial charge in [-0.1, -0.05) is 12.1 Å². The fraction of sp³-hybridized carbons (Fsp3) is 0.312. The molecule has 2 rings (SSSR count). The van der Waals surface area contributed by atoms with Crippen LogP contribution in [0.15, 0.2) is 42.6 Å². The third-order valence-corrected chi connectivity index (χ3v) is 2.73. The number of hydrogen-bond acceptors (Lipinski definition) is 3. The Morgan fingerprint density at radius 1 is 1.25 bits per heavy atom. The summed E-state index contributed by atoms with van der Waals surface area (Å²) < 4.78 is 18.8. The Labute approximate surface area is 118 Å². The maximum Gasteiger partial charge on any atom is 0.168 e. The number of pyridine rings is 1. The van der Waals surface area contributed by atoms with Gasteiger partial charge in [-0.05, 0) is 50.1 Å². The molecular weight excluding hydrogens is 255 g/mol. The Kier molecular flexibility index (Phi) is 4.93. The Morgan fingerprint density at radius 3 is 2.85 bits per heavy atom. The molecule has 1 aromatic heterocycles. The molecule has 4 heteroatoms. The monoisotopic (exact) mass is 274 g/mol. The zero-order valence-corrected chi connectivity index (χ0v) is 11.8. The molecule has 20 heavy (non-hydrogen) atoms. The molecule has 1 N–H and O–H groups in total. The Hall–Kier alpha value is -2.10. The van der Waals surface area contributed by atoms with Gasteiger partial charge < -0.3 is 10.1 Å². The van der Waals surface area contributed by atoms with E-state index in [1.54, 1.807) is 18.3 Å². The zero-order chi connectivity index (χ0) is 14.4. The van der Waals surface area contributed by atoms with Crippen molar-refractivity contribution in [2.75, 3.05) is 11.9 Å². The first-order chi connectivity index (χ1) is 9.65. The van der Waals surface area contributed by atoms with E-state index >= 15 is 0 Å². The first-order valence-electron chi connectivity index (χ1n) is 6.75. The van der Waals surface area contributed by atoms with Gasteiger partial charge in [-0.25, -0.2) is 9.37 Å². The molecule has 1 aromatic carbocycles. The predicted octanol–water partition coefficient (Wildman–Crippen LogP) is 3.66. The van der Waals surface area contributed by atoms with Crippen LogP contribution in [0.1, 0.15) is 19.4 Å². The molecule has 3 nitrogen and oxygen atoms in total. The summed E-state index contributed by atoms with van der Waals surface area (Å²) in [6.07, 6.45) is 2.55. The summed E-state index contributed by atoms with van der Waals surface area (Å²) in [6, 6.07) is 10.4. The van der Waals surface area contributed by atoms with Gasteiger partial charge in [0.2, 0.25) is 0 Å². The SMILES string of the molecule is CC(C)Oc1cccnc1NCCc1cccc(F)c1. The van der Waals surface area contributed by atoms with Crippen LogP contribution in [0.2, 0.25) is 0 Å². The maximum atomic E-state index is 13.1. The Bertz CT molecular complexity index is 558. The van der Waals surface area contributed by atoms with Gasteiger partial charge in [0.15, 0.2) is 11.6 Å². The van der Waals surface area contributed by atoms with Crippen LogP contribution in [-0.2, 0) is 6.42 Å². The van der Waals surface area contributed by atoms with E-state index in [0.717, 1.165) is 23.6 Å². The fourth-order valence-corrected chi connectivity index (χ4v) is 1.89. The molecule has 0 saturated carbocycles. The lowest BCUT2D eigenvalue weighted by Crippen LogP contribution is -2.11. The van der Waals surface area contributed by atoms with E-state index in [1.807, 2.05) is 32.0 Å². The quantitative estimate of drug-likeness (QED) is 0.872. The Morgan fingerprint density at radius 2 is 2.10 bits per heavy atom. The maximum absolute atomic E-state index is 13.1. The largest absolute Gasteiger partial charge is 0.487 e. The minimum absolute atomic E-state index is 0.1000. The van der Waals surface area contributed by atoms with Crippen molar-refractivity contribution in [3.05, 3.63) is 54.0 Å². The highest BCUT2D eigenvalue weighted by molar-refractivity contribution is 5.49. The van der Waals surface area contributed by atoms with E-state index in [0.29, 0.717) is 6.54 Å². The molecule has 0 aliphatic rings. The highest BCUT2D eigenvalue weighted by Gasteiger charge is 2.05. The molecule has 0 atom stereocenters. The lowest BCUT2D eigenvalue weighted by Gasteiger charge is -2.14. The summed E-state index contributed by atoms with van der Waals surface area (Å²) in [5.74, 6) is 1.25. The van der Waals surface area contributed by atoms with Gasteiger partial charge in [0.25, 0.3) is 0 Å². The van der Waals surface area contributed by atoms with E-state index in [-0.39, 0.29) is 11.9 Å². The van der Waals surface area contributed by atoms with Crippen molar-refractivity contribution in [3.8, 4) is 5.75 Å².